The predicted molar refractivity (Wildman–Crippen MR) is 101 cm³/mol. The number of hydrogen-bond donors (Lipinski definition) is 2. The van der Waals surface area contributed by atoms with Gasteiger partial charge in [0.05, 0.1) is 18.8 Å². The number of aliphatic hydroxyl groups excluding tert-OH is 1. The fraction of sp³-hybridized carbons (Fsp3) is 0.619. The maximum atomic E-state index is 10.1. The summed E-state index contributed by atoms with van der Waals surface area (Å²) in [6, 6.07) is 8.26. The molecule has 25 heavy (non-hydrogen) atoms. The van der Waals surface area contributed by atoms with Crippen molar-refractivity contribution in [3.8, 4) is 5.75 Å². The zero-order chi connectivity index (χ0) is 17.6. The molecule has 0 spiro atoms. The van der Waals surface area contributed by atoms with Crippen molar-refractivity contribution in [3.63, 3.8) is 0 Å². The number of unbranched alkanes of at least 4 members (excludes halogenated alkanes) is 1. The van der Waals surface area contributed by atoms with Gasteiger partial charge in [0.1, 0.15) is 5.76 Å². The second-order valence-electron chi connectivity index (χ2n) is 7.27. The summed E-state index contributed by atoms with van der Waals surface area (Å²) in [6.07, 6.45) is 6.42. The molecule has 2 N–H and O–H groups in total. The highest BCUT2D eigenvalue weighted by Crippen LogP contribution is 2.31. The topological polar surface area (TPSA) is 54.6 Å². The molecule has 1 aliphatic rings. The van der Waals surface area contributed by atoms with Crippen molar-refractivity contribution in [1.82, 2.24) is 5.32 Å². The van der Waals surface area contributed by atoms with E-state index in [1.54, 1.807) is 0 Å². The van der Waals surface area contributed by atoms with Crippen molar-refractivity contribution in [1.29, 1.82) is 0 Å². The van der Waals surface area contributed by atoms with Crippen LogP contribution in [0.15, 0.2) is 28.7 Å². The van der Waals surface area contributed by atoms with Gasteiger partial charge in [-0.3, -0.25) is 0 Å². The fourth-order valence-electron chi connectivity index (χ4n) is 3.56. The van der Waals surface area contributed by atoms with Crippen molar-refractivity contribution in [2.45, 2.75) is 64.5 Å². The maximum Gasteiger partial charge on any atom is 0.176 e. The van der Waals surface area contributed by atoms with Gasteiger partial charge in [0, 0.05) is 11.9 Å². The van der Waals surface area contributed by atoms with Crippen molar-refractivity contribution >= 4 is 11.0 Å². The standard InChI is InChI=1S/C21H31NO3/c1-3-4-12-24-19-11-7-9-16-13-20(25-21(16)19)15(2)22-14-17-8-5-6-10-18(17)23/h7,9,11,13,15,17-18,22-23H,3-6,8,10,12,14H2,1-2H3. The molecule has 1 saturated carbocycles. The molecule has 1 fully saturated rings. The third-order valence-corrected chi connectivity index (χ3v) is 5.26. The normalized spacial score (nSPS) is 22.2. The summed E-state index contributed by atoms with van der Waals surface area (Å²) in [6.45, 7) is 5.83. The van der Waals surface area contributed by atoms with Crippen LogP contribution < -0.4 is 10.1 Å². The minimum atomic E-state index is -0.164. The van der Waals surface area contributed by atoms with E-state index in [2.05, 4.69) is 31.3 Å². The van der Waals surface area contributed by atoms with Crippen LogP contribution in [0.25, 0.3) is 11.0 Å². The molecule has 3 rings (SSSR count). The van der Waals surface area contributed by atoms with Gasteiger partial charge in [-0.1, -0.05) is 38.3 Å². The summed E-state index contributed by atoms with van der Waals surface area (Å²) in [5.41, 5.74) is 0.833. The lowest BCUT2D eigenvalue weighted by molar-refractivity contribution is 0.0680. The van der Waals surface area contributed by atoms with E-state index in [4.69, 9.17) is 9.15 Å². The molecule has 1 aromatic carbocycles. The molecule has 0 bridgehead atoms. The van der Waals surface area contributed by atoms with E-state index in [0.717, 1.165) is 67.7 Å². The van der Waals surface area contributed by atoms with Gasteiger partial charge in [0.2, 0.25) is 0 Å². The zero-order valence-electron chi connectivity index (χ0n) is 15.5. The lowest BCUT2D eigenvalue weighted by Crippen LogP contribution is -2.34. The Labute approximate surface area is 150 Å². The van der Waals surface area contributed by atoms with Crippen LogP contribution in [-0.4, -0.2) is 24.4 Å². The minimum absolute atomic E-state index is 0.116. The Morgan fingerprint density at radius 3 is 2.96 bits per heavy atom. The molecule has 0 amide bonds. The van der Waals surface area contributed by atoms with Gasteiger partial charge < -0.3 is 19.6 Å². The number of furan rings is 1. The number of rotatable bonds is 8. The highest BCUT2D eigenvalue weighted by molar-refractivity contribution is 5.83. The van der Waals surface area contributed by atoms with Crippen molar-refractivity contribution < 1.29 is 14.3 Å². The van der Waals surface area contributed by atoms with Crippen LogP contribution in [-0.2, 0) is 0 Å². The molecule has 0 saturated heterocycles. The van der Waals surface area contributed by atoms with E-state index >= 15 is 0 Å². The Morgan fingerprint density at radius 2 is 2.16 bits per heavy atom. The van der Waals surface area contributed by atoms with Crippen LogP contribution in [0.4, 0.5) is 0 Å². The van der Waals surface area contributed by atoms with Gasteiger partial charge in [0.25, 0.3) is 0 Å². The minimum Gasteiger partial charge on any atom is -0.490 e. The summed E-state index contributed by atoms with van der Waals surface area (Å²) in [4.78, 5) is 0. The molecule has 3 atom stereocenters. The van der Waals surface area contributed by atoms with E-state index in [1.807, 2.05) is 12.1 Å². The first kappa shape index (κ1) is 18.3. The average molecular weight is 345 g/mol. The second kappa shape index (κ2) is 8.72. The quantitative estimate of drug-likeness (QED) is 0.674. The van der Waals surface area contributed by atoms with Crippen LogP contribution in [0, 0.1) is 5.92 Å². The van der Waals surface area contributed by atoms with E-state index in [0.29, 0.717) is 5.92 Å². The maximum absolute atomic E-state index is 10.1. The second-order valence-corrected chi connectivity index (χ2v) is 7.27. The summed E-state index contributed by atoms with van der Waals surface area (Å²) < 4.78 is 12.0. The van der Waals surface area contributed by atoms with Crippen molar-refractivity contribution in [2.75, 3.05) is 13.2 Å². The molecule has 1 aromatic heterocycles. The summed E-state index contributed by atoms with van der Waals surface area (Å²) in [5.74, 6) is 2.10. The van der Waals surface area contributed by atoms with Crippen molar-refractivity contribution in [2.24, 2.45) is 5.92 Å². The molecule has 138 valence electrons. The third-order valence-electron chi connectivity index (χ3n) is 5.26. The molecule has 0 radical (unpaired) electrons. The molecule has 0 aliphatic heterocycles. The SMILES string of the molecule is CCCCOc1cccc2cc(C(C)NCC3CCCCC3O)oc12. The zero-order valence-corrected chi connectivity index (χ0v) is 15.5. The fourth-order valence-corrected chi connectivity index (χ4v) is 3.56. The largest absolute Gasteiger partial charge is 0.490 e. The summed E-state index contributed by atoms with van der Waals surface area (Å²) >= 11 is 0. The summed E-state index contributed by atoms with van der Waals surface area (Å²) in [5, 5.41) is 14.7. The molecule has 4 heteroatoms. The Bertz CT molecular complexity index is 666. The first-order chi connectivity index (χ1) is 12.2. The Hall–Kier alpha value is -1.52. The van der Waals surface area contributed by atoms with Gasteiger partial charge in [-0.15, -0.1) is 0 Å². The smallest absolute Gasteiger partial charge is 0.176 e. The summed E-state index contributed by atoms with van der Waals surface area (Å²) in [7, 11) is 0. The molecular formula is C21H31NO3. The highest BCUT2D eigenvalue weighted by atomic mass is 16.5. The number of aliphatic hydroxyl groups is 1. The Balaban J connectivity index is 1.65. The lowest BCUT2D eigenvalue weighted by Gasteiger charge is -2.28. The van der Waals surface area contributed by atoms with Crippen LogP contribution in [0.3, 0.4) is 0 Å². The van der Waals surface area contributed by atoms with Gasteiger partial charge in [-0.05, 0) is 44.2 Å². The lowest BCUT2D eigenvalue weighted by atomic mass is 9.86. The van der Waals surface area contributed by atoms with Crippen molar-refractivity contribution in [3.05, 3.63) is 30.0 Å². The third kappa shape index (κ3) is 4.56. The van der Waals surface area contributed by atoms with Gasteiger partial charge >= 0.3 is 0 Å². The number of para-hydroxylation sites is 1. The van der Waals surface area contributed by atoms with Gasteiger partial charge in [0.15, 0.2) is 11.3 Å². The molecule has 4 nitrogen and oxygen atoms in total. The number of benzene rings is 1. The molecule has 1 heterocycles. The van der Waals surface area contributed by atoms with Crippen LogP contribution in [0.5, 0.6) is 5.75 Å². The number of nitrogens with one attached hydrogen (secondary N) is 1. The van der Waals surface area contributed by atoms with Gasteiger partial charge in [-0.2, -0.15) is 0 Å². The molecule has 3 unspecified atom stereocenters. The first-order valence-electron chi connectivity index (χ1n) is 9.75. The Kier molecular flexibility index (Phi) is 6.38. The van der Waals surface area contributed by atoms with Crippen LogP contribution in [0.2, 0.25) is 0 Å². The number of ether oxygens (including phenoxy) is 1. The Morgan fingerprint density at radius 1 is 1.32 bits per heavy atom. The molecule has 2 aromatic rings. The average Bonchev–Trinajstić information content (AvgIpc) is 3.06. The predicted octanol–water partition coefficient (Wildman–Crippen LogP) is 4.81. The number of hydrogen-bond acceptors (Lipinski definition) is 4. The monoisotopic (exact) mass is 345 g/mol. The van der Waals surface area contributed by atoms with Crippen LogP contribution in [0.1, 0.15) is 64.2 Å². The van der Waals surface area contributed by atoms with E-state index in [9.17, 15) is 5.11 Å². The first-order valence-corrected chi connectivity index (χ1v) is 9.75. The highest BCUT2D eigenvalue weighted by Gasteiger charge is 2.24. The van der Waals surface area contributed by atoms with E-state index in [-0.39, 0.29) is 12.1 Å². The molecule has 1 aliphatic carbocycles. The van der Waals surface area contributed by atoms with Gasteiger partial charge in [-0.25, -0.2) is 0 Å². The van der Waals surface area contributed by atoms with E-state index in [1.165, 1.54) is 6.42 Å². The molecular weight excluding hydrogens is 314 g/mol. The van der Waals surface area contributed by atoms with Crippen LogP contribution >= 0.6 is 0 Å². The number of fused-ring (bicyclic) bond motifs is 1. The van der Waals surface area contributed by atoms with E-state index < -0.39 is 0 Å².